The van der Waals surface area contributed by atoms with Crippen LogP contribution in [0.3, 0.4) is 0 Å². The minimum atomic E-state index is -2.68. The molecule has 0 heterocycles. The van der Waals surface area contributed by atoms with E-state index in [2.05, 4.69) is 356 Å². The molecule has 0 saturated heterocycles. The standard InChI is InChI=1S/C26H26OSi2.C22H24OSi2.C21H24OSi2/c1-28(2,23-15-7-3-8-16-23)27-29(24-17-9-4-10-18-24,25-19-11-5-12-20-25)26-21-13-6-14-22-26;1-4-24(2,3)23-25(20-14-8-5-9-15-20,21-16-10-6-11-17-21)22-18-12-7-13-19-22;1-23(2,3)22-24(19-13-7-4-8-14-19,20-15-9-5-10-16-20)21-17-11-6-12-18-21/h3-22H,1-2H3;4-19H,1H2,2-3H3;4-18H,1-3H3. The van der Waals surface area contributed by atoms with Gasteiger partial charge in [0.15, 0.2) is 16.6 Å². The first-order valence-corrected chi connectivity index (χ1v) is 42.1. The fourth-order valence-electron chi connectivity index (χ4n) is 10.3. The molecular weight excluding hydrogens is 1050 g/mol. The van der Waals surface area contributed by atoms with Gasteiger partial charge >= 0.3 is 0 Å². The van der Waals surface area contributed by atoms with Crippen molar-refractivity contribution in [1.29, 1.82) is 0 Å². The first-order valence-electron chi connectivity index (χ1n) is 27.0. The molecule has 78 heavy (non-hydrogen) atoms. The van der Waals surface area contributed by atoms with Gasteiger partial charge in [-0.15, -0.1) is 6.58 Å². The third kappa shape index (κ3) is 13.5. The van der Waals surface area contributed by atoms with Crippen molar-refractivity contribution in [2.75, 3.05) is 0 Å². The Balaban J connectivity index is 0.000000155. The van der Waals surface area contributed by atoms with E-state index in [-0.39, 0.29) is 0 Å². The minimum Gasteiger partial charge on any atom is -0.446 e. The zero-order valence-electron chi connectivity index (χ0n) is 46.4. The SMILES string of the molecule is C=C[Si](C)(C)O[Si](c1ccccc1)(c1ccccc1)c1ccccc1.C[Si](C)(C)O[Si](c1ccccc1)(c1ccccc1)c1ccccc1.C[Si](C)(O[Si](c1ccccc1)(c1ccccc1)c1ccccc1)c1ccccc1. The Morgan fingerprint density at radius 2 is 0.397 bits per heavy atom. The van der Waals surface area contributed by atoms with Gasteiger partial charge < -0.3 is 12.3 Å². The molecule has 0 N–H and O–H groups in total. The second kappa shape index (κ2) is 26.2. The first-order chi connectivity index (χ1) is 37.7. The fraction of sp³-hybridized carbons (Fsp3) is 0.101. The highest BCUT2D eigenvalue weighted by atomic mass is 28.4. The van der Waals surface area contributed by atoms with Gasteiger partial charge in [0, 0.05) is 0 Å². The Bertz CT molecular complexity index is 3050. The summed E-state index contributed by atoms with van der Waals surface area (Å²) in [7, 11) is -13.8. The lowest BCUT2D eigenvalue weighted by molar-refractivity contribution is 0.579. The summed E-state index contributed by atoms with van der Waals surface area (Å²) in [6, 6.07) is 108. The lowest BCUT2D eigenvalue weighted by atomic mass is 10.3. The largest absolute Gasteiger partial charge is 0.446 e. The highest BCUT2D eigenvalue weighted by molar-refractivity contribution is 7.13. The van der Waals surface area contributed by atoms with Gasteiger partial charge in [-0.25, -0.2) is 0 Å². The lowest BCUT2D eigenvalue weighted by Gasteiger charge is -2.40. The molecule has 392 valence electrons. The Morgan fingerprint density at radius 1 is 0.231 bits per heavy atom. The van der Waals surface area contributed by atoms with Crippen molar-refractivity contribution in [2.24, 2.45) is 0 Å². The van der Waals surface area contributed by atoms with Crippen LogP contribution in [0.2, 0.25) is 45.8 Å². The van der Waals surface area contributed by atoms with Gasteiger partial charge in [-0.2, -0.15) is 0 Å². The van der Waals surface area contributed by atoms with Crippen LogP contribution in [0.15, 0.2) is 316 Å². The molecular formula is C69H74O3Si6. The molecule has 0 aliphatic heterocycles. The van der Waals surface area contributed by atoms with Crippen molar-refractivity contribution in [1.82, 2.24) is 0 Å². The smallest absolute Gasteiger partial charge is 0.278 e. The van der Waals surface area contributed by atoms with Gasteiger partial charge in [0.1, 0.15) is 0 Å². The number of rotatable bonds is 17. The van der Waals surface area contributed by atoms with E-state index in [0.717, 1.165) is 0 Å². The van der Waals surface area contributed by atoms with Crippen LogP contribution in [0.5, 0.6) is 0 Å². The molecule has 0 atom stereocenters. The highest BCUT2D eigenvalue weighted by Gasteiger charge is 2.48. The van der Waals surface area contributed by atoms with Crippen molar-refractivity contribution >= 4 is 102 Å². The van der Waals surface area contributed by atoms with E-state index in [1.165, 1.54) is 51.9 Å². The molecule has 0 aliphatic rings. The Kier molecular flexibility index (Phi) is 19.2. The summed E-state index contributed by atoms with van der Waals surface area (Å²) in [5, 5.41) is 12.9. The topological polar surface area (TPSA) is 27.7 Å². The minimum absolute atomic E-state index is 1.27. The first kappa shape index (κ1) is 57.3. The lowest BCUT2D eigenvalue weighted by Crippen LogP contribution is -2.73. The van der Waals surface area contributed by atoms with E-state index in [1.807, 2.05) is 5.70 Å². The summed E-state index contributed by atoms with van der Waals surface area (Å²) in [6.07, 6.45) is 0. The van der Waals surface area contributed by atoms with E-state index in [4.69, 9.17) is 12.3 Å². The second-order valence-electron chi connectivity index (χ2n) is 21.4. The van der Waals surface area contributed by atoms with Gasteiger partial charge in [-0.1, -0.05) is 309 Å². The van der Waals surface area contributed by atoms with Gasteiger partial charge in [0.2, 0.25) is 8.32 Å². The monoisotopic (exact) mass is 1120 g/mol. The number of benzene rings is 10. The maximum Gasteiger partial charge on any atom is 0.278 e. The fourth-order valence-corrected chi connectivity index (χ4v) is 35.2. The molecule has 10 aromatic rings. The van der Waals surface area contributed by atoms with Crippen molar-refractivity contribution in [3.05, 3.63) is 316 Å². The summed E-state index contributed by atoms with van der Waals surface area (Å²) >= 11 is 0. The van der Waals surface area contributed by atoms with Gasteiger partial charge in [-0.05, 0) is 97.7 Å². The summed E-state index contributed by atoms with van der Waals surface area (Å²) in [5.41, 5.74) is 2.03. The molecule has 10 rings (SSSR count). The molecule has 10 aromatic carbocycles. The summed E-state index contributed by atoms with van der Waals surface area (Å²) < 4.78 is 21.6. The summed E-state index contributed by atoms with van der Waals surface area (Å²) in [6.45, 7) is 20.0. The zero-order chi connectivity index (χ0) is 55.0. The molecule has 0 fully saturated rings. The van der Waals surface area contributed by atoms with Gasteiger partial charge in [0.25, 0.3) is 25.0 Å². The molecule has 0 spiro atoms. The zero-order valence-corrected chi connectivity index (χ0v) is 52.4. The number of hydrogen-bond donors (Lipinski definition) is 0. The van der Waals surface area contributed by atoms with E-state index in [0.29, 0.717) is 0 Å². The molecule has 9 heteroatoms. The Labute approximate surface area is 472 Å². The second-order valence-corrected chi connectivity index (χ2v) is 44.6. The molecule has 0 aromatic heterocycles. The van der Waals surface area contributed by atoms with Crippen LogP contribution in [0.25, 0.3) is 0 Å². The quantitative estimate of drug-likeness (QED) is 0.0672. The van der Waals surface area contributed by atoms with Crippen LogP contribution in [0.4, 0.5) is 0 Å². The van der Waals surface area contributed by atoms with Crippen LogP contribution < -0.4 is 51.9 Å². The predicted octanol–water partition coefficient (Wildman–Crippen LogP) is 10.9. The van der Waals surface area contributed by atoms with Gasteiger partial charge in [0.05, 0.1) is 0 Å². The third-order valence-electron chi connectivity index (χ3n) is 13.9. The van der Waals surface area contributed by atoms with Crippen LogP contribution >= 0.6 is 0 Å². The van der Waals surface area contributed by atoms with Crippen molar-refractivity contribution in [3.8, 4) is 0 Å². The van der Waals surface area contributed by atoms with E-state index in [9.17, 15) is 0 Å². The van der Waals surface area contributed by atoms with Crippen LogP contribution in [0, 0.1) is 0 Å². The molecule has 3 nitrogen and oxygen atoms in total. The Morgan fingerprint density at radius 3 is 0.577 bits per heavy atom. The van der Waals surface area contributed by atoms with Crippen LogP contribution in [-0.4, -0.2) is 49.9 Å². The molecule has 0 bridgehead atoms. The average molecular weight is 1120 g/mol. The van der Waals surface area contributed by atoms with E-state index in [1.54, 1.807) is 0 Å². The Hall–Kier alpha value is -6.88. The van der Waals surface area contributed by atoms with Crippen LogP contribution in [0.1, 0.15) is 0 Å². The maximum absolute atomic E-state index is 7.45. The van der Waals surface area contributed by atoms with Crippen molar-refractivity contribution in [2.45, 2.75) is 45.8 Å². The maximum atomic E-state index is 7.45. The van der Waals surface area contributed by atoms with E-state index >= 15 is 0 Å². The van der Waals surface area contributed by atoms with E-state index < -0.39 is 49.9 Å². The average Bonchev–Trinajstić information content (AvgIpc) is 3.59. The van der Waals surface area contributed by atoms with Gasteiger partial charge in [-0.3, -0.25) is 0 Å². The molecule has 0 radical (unpaired) electrons. The summed E-state index contributed by atoms with van der Waals surface area (Å²) in [5.74, 6) is 0. The predicted molar refractivity (Wildman–Crippen MR) is 350 cm³/mol. The molecule has 0 amide bonds. The van der Waals surface area contributed by atoms with Crippen molar-refractivity contribution < 1.29 is 12.3 Å². The number of hydrogen-bond acceptors (Lipinski definition) is 3. The molecule has 0 unspecified atom stereocenters. The summed E-state index contributed by atoms with van der Waals surface area (Å²) in [4.78, 5) is 0. The highest BCUT2D eigenvalue weighted by Crippen LogP contribution is 2.20. The third-order valence-corrected chi connectivity index (χ3v) is 37.2. The normalized spacial score (nSPS) is 12.0. The molecule has 0 saturated carbocycles. The molecule has 0 aliphatic carbocycles. The van der Waals surface area contributed by atoms with Crippen LogP contribution in [-0.2, 0) is 12.3 Å². The van der Waals surface area contributed by atoms with Crippen molar-refractivity contribution in [3.63, 3.8) is 0 Å².